The maximum absolute atomic E-state index is 12.9. The number of rotatable bonds is 6. The number of carboxylic acids is 1. The number of aliphatic carboxylic acids is 1. The molecule has 0 amide bonds. The van der Waals surface area contributed by atoms with E-state index in [-0.39, 0.29) is 11.0 Å². The lowest BCUT2D eigenvalue weighted by Crippen LogP contribution is -2.12. The normalized spacial score (nSPS) is 12.7. The van der Waals surface area contributed by atoms with Crippen molar-refractivity contribution in [1.29, 1.82) is 0 Å². The second-order valence-electron chi connectivity index (χ2n) is 3.69. The summed E-state index contributed by atoms with van der Waals surface area (Å²) < 4.78 is 13.9. The molecule has 0 saturated heterocycles. The van der Waals surface area contributed by atoms with Crippen LogP contribution in [0.25, 0.3) is 0 Å². The van der Waals surface area contributed by atoms with E-state index in [0.29, 0.717) is 12.8 Å². The molecule has 0 radical (unpaired) electrons. The van der Waals surface area contributed by atoms with Crippen LogP contribution in [0.5, 0.6) is 0 Å². The van der Waals surface area contributed by atoms with Gasteiger partial charge in [0.1, 0.15) is 0 Å². The highest BCUT2D eigenvalue weighted by Gasteiger charge is 2.15. The molecule has 1 aromatic heterocycles. The minimum absolute atomic E-state index is 0.162. The Morgan fingerprint density at radius 2 is 2.38 bits per heavy atom. The molecule has 1 atom stereocenters. The van der Waals surface area contributed by atoms with E-state index in [0.717, 1.165) is 32.6 Å². The van der Waals surface area contributed by atoms with Crippen molar-refractivity contribution in [3.05, 3.63) is 19.6 Å². The first-order valence-corrected chi connectivity index (χ1v) is 7.10. The van der Waals surface area contributed by atoms with Crippen LogP contribution in [0.2, 0.25) is 0 Å². The Bertz CT molecular complexity index is 365. The number of hydrogen-bond acceptors (Lipinski definition) is 2. The van der Waals surface area contributed by atoms with Crippen LogP contribution in [0.15, 0.2) is 6.07 Å². The van der Waals surface area contributed by atoms with Gasteiger partial charge < -0.3 is 5.11 Å². The molecule has 0 saturated carbocycles. The van der Waals surface area contributed by atoms with E-state index in [1.54, 1.807) is 6.07 Å². The minimum Gasteiger partial charge on any atom is -0.481 e. The molecule has 0 aliphatic heterocycles. The lowest BCUT2D eigenvalue weighted by Gasteiger charge is -2.08. The van der Waals surface area contributed by atoms with Gasteiger partial charge in [0.2, 0.25) is 0 Å². The summed E-state index contributed by atoms with van der Waals surface area (Å²) in [5.74, 6) is -0.991. The third-order valence-electron chi connectivity index (χ3n) is 2.57. The molecule has 90 valence electrons. The fourth-order valence-electron chi connectivity index (χ4n) is 1.59. The van der Waals surface area contributed by atoms with Crippen molar-refractivity contribution >= 4 is 39.9 Å². The van der Waals surface area contributed by atoms with Gasteiger partial charge in [-0.25, -0.2) is 0 Å². The molecule has 16 heavy (non-hydrogen) atoms. The SMILES string of the molecule is CCC(CCCc1cc(F)sc1I)C(=O)O. The molecule has 5 heteroatoms. The van der Waals surface area contributed by atoms with Crippen LogP contribution in [0.3, 0.4) is 0 Å². The predicted octanol–water partition coefficient (Wildman–Crippen LogP) is 3.93. The Balaban J connectivity index is 2.40. The van der Waals surface area contributed by atoms with E-state index in [9.17, 15) is 9.18 Å². The van der Waals surface area contributed by atoms with Gasteiger partial charge in [-0.05, 0) is 59.9 Å². The summed E-state index contributed by atoms with van der Waals surface area (Å²) >= 11 is 3.27. The van der Waals surface area contributed by atoms with Crippen molar-refractivity contribution in [3.63, 3.8) is 0 Å². The van der Waals surface area contributed by atoms with Crippen molar-refractivity contribution < 1.29 is 14.3 Å². The number of carbonyl (C=O) groups is 1. The molecule has 2 nitrogen and oxygen atoms in total. The van der Waals surface area contributed by atoms with Crippen molar-refractivity contribution in [2.24, 2.45) is 5.92 Å². The van der Waals surface area contributed by atoms with Crippen LogP contribution >= 0.6 is 33.9 Å². The fourth-order valence-corrected chi connectivity index (χ4v) is 3.31. The highest BCUT2D eigenvalue weighted by Crippen LogP contribution is 2.25. The summed E-state index contributed by atoms with van der Waals surface area (Å²) in [6.45, 7) is 1.88. The first-order chi connectivity index (χ1) is 7.54. The molecule has 0 aromatic carbocycles. The Morgan fingerprint density at radius 1 is 1.69 bits per heavy atom. The highest BCUT2D eigenvalue weighted by molar-refractivity contribution is 14.1. The zero-order chi connectivity index (χ0) is 12.1. The number of carboxylic acid groups (broad SMARTS) is 1. The quantitative estimate of drug-likeness (QED) is 0.785. The molecule has 1 aromatic rings. The molecule has 1 unspecified atom stereocenters. The fraction of sp³-hybridized carbons (Fsp3) is 0.545. The van der Waals surface area contributed by atoms with Crippen molar-refractivity contribution in [3.8, 4) is 0 Å². The largest absolute Gasteiger partial charge is 0.481 e. The second kappa shape index (κ2) is 6.54. The van der Waals surface area contributed by atoms with E-state index in [1.165, 1.54) is 0 Å². The number of thiophene rings is 1. The van der Waals surface area contributed by atoms with Crippen LogP contribution < -0.4 is 0 Å². The molecular formula is C11H14FIO2S. The summed E-state index contributed by atoms with van der Waals surface area (Å²) in [5.41, 5.74) is 1.00. The van der Waals surface area contributed by atoms with Gasteiger partial charge in [-0.15, -0.1) is 0 Å². The maximum atomic E-state index is 12.9. The lowest BCUT2D eigenvalue weighted by molar-refractivity contribution is -0.142. The molecule has 0 aliphatic carbocycles. The van der Waals surface area contributed by atoms with E-state index in [1.807, 2.05) is 6.92 Å². The van der Waals surface area contributed by atoms with Crippen LogP contribution in [0, 0.1) is 13.9 Å². The van der Waals surface area contributed by atoms with Crippen molar-refractivity contribution in [1.82, 2.24) is 0 Å². The van der Waals surface area contributed by atoms with E-state index >= 15 is 0 Å². The van der Waals surface area contributed by atoms with Gasteiger partial charge in [-0.3, -0.25) is 4.79 Å². The molecule has 0 spiro atoms. The van der Waals surface area contributed by atoms with E-state index in [2.05, 4.69) is 22.6 Å². The third kappa shape index (κ3) is 4.01. The standard InChI is InChI=1S/C11H14FIO2S/c1-2-7(11(14)15)4-3-5-8-6-9(12)16-10(8)13/h6-7H,2-5H2,1H3,(H,14,15). The minimum atomic E-state index is -0.728. The molecule has 1 heterocycles. The molecule has 1 N–H and O–H groups in total. The lowest BCUT2D eigenvalue weighted by atomic mass is 9.98. The smallest absolute Gasteiger partial charge is 0.306 e. The molecule has 1 rings (SSSR count). The van der Waals surface area contributed by atoms with E-state index < -0.39 is 5.97 Å². The average Bonchev–Trinajstić information content (AvgIpc) is 2.52. The van der Waals surface area contributed by atoms with Crippen molar-refractivity contribution in [2.75, 3.05) is 0 Å². The molecule has 0 bridgehead atoms. The van der Waals surface area contributed by atoms with Crippen LogP contribution in [0.4, 0.5) is 4.39 Å². The van der Waals surface area contributed by atoms with Gasteiger partial charge in [0, 0.05) is 0 Å². The third-order valence-corrected chi connectivity index (χ3v) is 4.68. The number of aryl methyl sites for hydroxylation is 1. The van der Waals surface area contributed by atoms with Crippen LogP contribution in [-0.2, 0) is 11.2 Å². The summed E-state index contributed by atoms with van der Waals surface area (Å²) in [7, 11) is 0. The Hall–Kier alpha value is -0.170. The monoisotopic (exact) mass is 356 g/mol. The zero-order valence-electron chi connectivity index (χ0n) is 9.00. The van der Waals surface area contributed by atoms with Crippen LogP contribution in [-0.4, -0.2) is 11.1 Å². The molecule has 0 fully saturated rings. The highest BCUT2D eigenvalue weighted by atomic mass is 127. The van der Waals surface area contributed by atoms with Gasteiger partial charge in [0.15, 0.2) is 5.13 Å². The zero-order valence-corrected chi connectivity index (χ0v) is 12.0. The van der Waals surface area contributed by atoms with Gasteiger partial charge >= 0.3 is 5.97 Å². The summed E-state index contributed by atoms with van der Waals surface area (Å²) in [4.78, 5) is 10.8. The van der Waals surface area contributed by atoms with Gasteiger partial charge in [0.05, 0.1) is 8.80 Å². The molecular weight excluding hydrogens is 342 g/mol. The van der Waals surface area contributed by atoms with Gasteiger partial charge in [-0.1, -0.05) is 18.3 Å². The van der Waals surface area contributed by atoms with Gasteiger partial charge in [-0.2, -0.15) is 4.39 Å². The Kier molecular flexibility index (Phi) is 5.68. The second-order valence-corrected chi connectivity index (χ2v) is 6.50. The first-order valence-electron chi connectivity index (χ1n) is 5.21. The maximum Gasteiger partial charge on any atom is 0.306 e. The Morgan fingerprint density at radius 3 is 2.81 bits per heavy atom. The predicted molar refractivity (Wildman–Crippen MR) is 71.3 cm³/mol. The topological polar surface area (TPSA) is 37.3 Å². The van der Waals surface area contributed by atoms with Crippen LogP contribution in [0.1, 0.15) is 31.7 Å². The van der Waals surface area contributed by atoms with Gasteiger partial charge in [0.25, 0.3) is 0 Å². The first kappa shape index (κ1) is 13.9. The summed E-state index contributed by atoms with van der Waals surface area (Å²) in [6, 6.07) is 1.55. The number of halogens is 2. The average molecular weight is 356 g/mol. The van der Waals surface area contributed by atoms with Crippen molar-refractivity contribution in [2.45, 2.75) is 32.6 Å². The Labute approximate surface area is 112 Å². The summed E-state index contributed by atoms with van der Waals surface area (Å²) in [5, 5.41) is 8.71. The molecule has 0 aliphatic rings. The van der Waals surface area contributed by atoms with E-state index in [4.69, 9.17) is 5.11 Å². The number of hydrogen-bond donors (Lipinski definition) is 1. The summed E-state index contributed by atoms with van der Waals surface area (Å²) in [6.07, 6.45) is 2.89.